The molecule has 1 fully saturated rings. The van der Waals surface area contributed by atoms with Crippen molar-refractivity contribution in [3.05, 3.63) is 18.0 Å². The van der Waals surface area contributed by atoms with Crippen LogP contribution in [0.1, 0.15) is 23.3 Å². The molecule has 0 aromatic carbocycles. The van der Waals surface area contributed by atoms with Crippen LogP contribution in [0.25, 0.3) is 0 Å². The topological polar surface area (TPSA) is 92.4 Å². The molecule has 0 radical (unpaired) electrons. The van der Waals surface area contributed by atoms with Crippen molar-refractivity contribution in [2.45, 2.75) is 18.9 Å². The summed E-state index contributed by atoms with van der Waals surface area (Å²) in [5.74, 6) is -1.46. The van der Waals surface area contributed by atoms with Crippen LogP contribution in [0.2, 0.25) is 0 Å². The van der Waals surface area contributed by atoms with Gasteiger partial charge in [-0.1, -0.05) is 5.16 Å². The highest BCUT2D eigenvalue weighted by atomic mass is 16.5. The fourth-order valence-electron chi connectivity index (χ4n) is 1.36. The Kier molecular flexibility index (Phi) is 2.40. The maximum atomic E-state index is 11.5. The average molecular weight is 210 g/mol. The molecule has 80 valence electrons. The summed E-state index contributed by atoms with van der Waals surface area (Å²) < 4.78 is 4.50. The molecule has 1 amide bonds. The number of hydrogen-bond acceptors (Lipinski definition) is 4. The highest BCUT2D eigenvalue weighted by Crippen LogP contribution is 2.32. The quantitative estimate of drug-likeness (QED) is 0.743. The first-order valence-electron chi connectivity index (χ1n) is 4.62. The molecule has 1 aromatic rings. The van der Waals surface area contributed by atoms with Gasteiger partial charge in [-0.15, -0.1) is 0 Å². The van der Waals surface area contributed by atoms with Crippen molar-refractivity contribution in [3.63, 3.8) is 0 Å². The van der Waals surface area contributed by atoms with Crippen LogP contribution in [-0.4, -0.2) is 28.2 Å². The third-order valence-electron chi connectivity index (χ3n) is 2.32. The van der Waals surface area contributed by atoms with Crippen LogP contribution in [0, 0.1) is 5.92 Å². The number of aliphatic carboxylic acids is 1. The lowest BCUT2D eigenvalue weighted by Gasteiger charge is -2.11. The van der Waals surface area contributed by atoms with E-state index in [9.17, 15) is 9.59 Å². The minimum Gasteiger partial charge on any atom is -0.480 e. The molecule has 0 bridgehead atoms. The second-order valence-corrected chi connectivity index (χ2v) is 3.51. The number of nitrogens with one attached hydrogen (secondary N) is 1. The largest absolute Gasteiger partial charge is 0.480 e. The van der Waals surface area contributed by atoms with Gasteiger partial charge in [-0.3, -0.25) is 4.79 Å². The first kappa shape index (κ1) is 9.70. The molecule has 0 spiro atoms. The number of aromatic nitrogens is 1. The van der Waals surface area contributed by atoms with Gasteiger partial charge in [0.25, 0.3) is 5.91 Å². The van der Waals surface area contributed by atoms with Crippen molar-refractivity contribution in [1.29, 1.82) is 0 Å². The summed E-state index contributed by atoms with van der Waals surface area (Å²) in [6, 6.07) is 0.579. The Morgan fingerprint density at radius 2 is 2.33 bits per heavy atom. The summed E-state index contributed by atoms with van der Waals surface area (Å²) in [4.78, 5) is 22.3. The minimum absolute atomic E-state index is 0.0540. The summed E-state index contributed by atoms with van der Waals surface area (Å²) in [5.41, 5.74) is 0.0990. The van der Waals surface area contributed by atoms with E-state index in [-0.39, 0.29) is 11.6 Å². The van der Waals surface area contributed by atoms with E-state index in [2.05, 4.69) is 15.0 Å². The fraction of sp³-hybridized carbons (Fsp3) is 0.444. The lowest BCUT2D eigenvalue weighted by molar-refractivity contribution is -0.139. The zero-order valence-electron chi connectivity index (χ0n) is 7.84. The van der Waals surface area contributed by atoms with Crippen molar-refractivity contribution in [2.24, 2.45) is 5.92 Å². The van der Waals surface area contributed by atoms with Crippen LogP contribution in [-0.2, 0) is 4.79 Å². The molecule has 1 aliphatic rings. The summed E-state index contributed by atoms with van der Waals surface area (Å²) in [5, 5.41) is 14.7. The Labute approximate surface area is 85.2 Å². The molecule has 0 aliphatic heterocycles. The molecule has 15 heavy (non-hydrogen) atoms. The number of amides is 1. The van der Waals surface area contributed by atoms with E-state index in [1.54, 1.807) is 0 Å². The van der Waals surface area contributed by atoms with Crippen molar-refractivity contribution < 1.29 is 19.2 Å². The van der Waals surface area contributed by atoms with Gasteiger partial charge in [0, 0.05) is 6.07 Å². The first-order valence-corrected chi connectivity index (χ1v) is 4.62. The van der Waals surface area contributed by atoms with Gasteiger partial charge in [0.2, 0.25) is 0 Å². The summed E-state index contributed by atoms with van der Waals surface area (Å²) in [6.45, 7) is 0. The Hall–Kier alpha value is -1.85. The second kappa shape index (κ2) is 3.72. The van der Waals surface area contributed by atoms with Gasteiger partial charge in [-0.2, -0.15) is 0 Å². The monoisotopic (exact) mass is 210 g/mol. The molecule has 2 rings (SSSR count). The van der Waals surface area contributed by atoms with Crippen LogP contribution < -0.4 is 5.32 Å². The van der Waals surface area contributed by atoms with Gasteiger partial charge in [0.15, 0.2) is 5.69 Å². The highest BCUT2D eigenvalue weighted by molar-refractivity contribution is 5.94. The molecule has 1 aliphatic carbocycles. The number of rotatable bonds is 4. The molecule has 6 nitrogen and oxygen atoms in total. The van der Waals surface area contributed by atoms with E-state index in [0.29, 0.717) is 0 Å². The average Bonchev–Trinajstić information content (AvgIpc) is 2.87. The second-order valence-electron chi connectivity index (χ2n) is 3.51. The molecule has 1 unspecified atom stereocenters. The normalized spacial score (nSPS) is 17.1. The van der Waals surface area contributed by atoms with Crippen molar-refractivity contribution in [2.75, 3.05) is 0 Å². The fourth-order valence-corrected chi connectivity index (χ4v) is 1.36. The van der Waals surface area contributed by atoms with Gasteiger partial charge in [-0.05, 0) is 18.8 Å². The van der Waals surface area contributed by atoms with Gasteiger partial charge < -0.3 is 14.9 Å². The Bertz CT molecular complexity index is 369. The van der Waals surface area contributed by atoms with E-state index in [1.165, 1.54) is 12.3 Å². The molecular formula is C9H10N2O4. The number of carbonyl (C=O) groups excluding carboxylic acids is 1. The van der Waals surface area contributed by atoms with Crippen LogP contribution in [0.3, 0.4) is 0 Å². The van der Waals surface area contributed by atoms with Gasteiger partial charge in [0.1, 0.15) is 12.3 Å². The first-order chi connectivity index (χ1) is 7.18. The Morgan fingerprint density at radius 3 is 2.80 bits per heavy atom. The van der Waals surface area contributed by atoms with Gasteiger partial charge in [-0.25, -0.2) is 4.79 Å². The summed E-state index contributed by atoms with van der Waals surface area (Å²) in [6.07, 6.45) is 2.95. The predicted molar refractivity (Wildman–Crippen MR) is 48.1 cm³/mol. The standard InChI is InChI=1S/C9H10N2O4/c12-8(6-3-4-15-11-6)10-7(9(13)14)5-1-2-5/h3-5,7H,1-2H2,(H,10,12)(H,13,14). The Balaban J connectivity index is 2.00. The highest BCUT2D eigenvalue weighted by Gasteiger charge is 2.37. The number of carboxylic acids is 1. The Morgan fingerprint density at radius 1 is 1.60 bits per heavy atom. The molecular weight excluding hydrogens is 200 g/mol. The van der Waals surface area contributed by atoms with Crippen LogP contribution in [0.5, 0.6) is 0 Å². The SMILES string of the molecule is O=C(NC(C(=O)O)C1CC1)c1ccon1. The van der Waals surface area contributed by atoms with E-state index in [1.807, 2.05) is 0 Å². The predicted octanol–water partition coefficient (Wildman–Crippen LogP) is 0.268. The van der Waals surface area contributed by atoms with E-state index < -0.39 is 17.9 Å². The van der Waals surface area contributed by atoms with Crippen molar-refractivity contribution >= 4 is 11.9 Å². The van der Waals surface area contributed by atoms with Crippen LogP contribution in [0.4, 0.5) is 0 Å². The minimum atomic E-state index is -1.01. The van der Waals surface area contributed by atoms with Crippen LogP contribution >= 0.6 is 0 Å². The molecule has 1 saturated carbocycles. The maximum absolute atomic E-state index is 11.5. The van der Waals surface area contributed by atoms with Gasteiger partial charge >= 0.3 is 5.97 Å². The summed E-state index contributed by atoms with van der Waals surface area (Å²) >= 11 is 0. The smallest absolute Gasteiger partial charge is 0.326 e. The number of carboxylic acid groups (broad SMARTS) is 1. The lowest BCUT2D eigenvalue weighted by atomic mass is 10.2. The number of carbonyl (C=O) groups is 2. The summed E-state index contributed by atoms with van der Waals surface area (Å²) in [7, 11) is 0. The molecule has 2 N–H and O–H groups in total. The van der Waals surface area contributed by atoms with Crippen molar-refractivity contribution in [3.8, 4) is 0 Å². The van der Waals surface area contributed by atoms with Gasteiger partial charge in [0.05, 0.1) is 0 Å². The molecule has 0 saturated heterocycles. The third-order valence-corrected chi connectivity index (χ3v) is 2.32. The lowest BCUT2D eigenvalue weighted by Crippen LogP contribution is -2.42. The molecule has 1 heterocycles. The van der Waals surface area contributed by atoms with E-state index in [4.69, 9.17) is 5.11 Å². The third kappa shape index (κ3) is 2.15. The molecule has 1 atom stereocenters. The molecule has 1 aromatic heterocycles. The zero-order chi connectivity index (χ0) is 10.8. The van der Waals surface area contributed by atoms with Crippen LogP contribution in [0.15, 0.2) is 16.9 Å². The van der Waals surface area contributed by atoms with Crippen molar-refractivity contribution in [1.82, 2.24) is 10.5 Å². The number of hydrogen-bond donors (Lipinski definition) is 2. The van der Waals surface area contributed by atoms with E-state index in [0.717, 1.165) is 12.8 Å². The maximum Gasteiger partial charge on any atom is 0.326 e. The van der Waals surface area contributed by atoms with E-state index >= 15 is 0 Å². The number of nitrogens with zero attached hydrogens (tertiary/aromatic N) is 1. The zero-order valence-corrected chi connectivity index (χ0v) is 7.84. The molecule has 6 heteroatoms.